The minimum atomic E-state index is -0.590. The van der Waals surface area contributed by atoms with Gasteiger partial charge in [-0.2, -0.15) is 0 Å². The number of rotatable bonds is 2. The van der Waals surface area contributed by atoms with Crippen molar-refractivity contribution in [3.05, 3.63) is 45.4 Å². The van der Waals surface area contributed by atoms with Gasteiger partial charge in [0.1, 0.15) is 11.5 Å². The van der Waals surface area contributed by atoms with Gasteiger partial charge in [-0.1, -0.05) is 0 Å². The molecule has 20 heavy (non-hydrogen) atoms. The number of benzene rings is 1. The smallest absolute Gasteiger partial charge is 0.271 e. The highest BCUT2D eigenvalue weighted by atomic mass is 19.1. The predicted octanol–water partition coefficient (Wildman–Crippen LogP) is 1.57. The molecular formula is C12H11FN4O3. The molecule has 8 heteroatoms. The lowest BCUT2D eigenvalue weighted by molar-refractivity contribution is -0.384. The molecule has 1 aromatic carbocycles. The van der Waals surface area contributed by atoms with Crippen molar-refractivity contribution in [3.63, 3.8) is 0 Å². The van der Waals surface area contributed by atoms with Gasteiger partial charge in [-0.25, -0.2) is 9.07 Å². The summed E-state index contributed by atoms with van der Waals surface area (Å²) in [4.78, 5) is 10.2. The Balaban J connectivity index is 2.18. The van der Waals surface area contributed by atoms with E-state index in [4.69, 9.17) is 10.5 Å². The molecule has 1 aliphatic rings. The Morgan fingerprint density at radius 2 is 2.30 bits per heavy atom. The van der Waals surface area contributed by atoms with Gasteiger partial charge < -0.3 is 10.5 Å². The average Bonchev–Trinajstić information content (AvgIpc) is 2.77. The van der Waals surface area contributed by atoms with E-state index in [-0.39, 0.29) is 17.2 Å². The van der Waals surface area contributed by atoms with Crippen LogP contribution in [0, 0.1) is 15.9 Å². The Bertz CT molecular complexity index is 698. The largest absolute Gasteiger partial charge is 0.382 e. The predicted molar refractivity (Wildman–Crippen MR) is 67.9 cm³/mol. The lowest BCUT2D eigenvalue weighted by Crippen LogP contribution is -2.14. The number of anilines is 1. The van der Waals surface area contributed by atoms with Crippen LogP contribution in [0.25, 0.3) is 5.69 Å². The maximum absolute atomic E-state index is 13.9. The van der Waals surface area contributed by atoms with Gasteiger partial charge >= 0.3 is 0 Å². The first-order valence-corrected chi connectivity index (χ1v) is 5.96. The fraction of sp³-hybridized carbons (Fsp3) is 0.250. The summed E-state index contributed by atoms with van der Waals surface area (Å²) in [5.41, 5.74) is 7.04. The highest BCUT2D eigenvalue weighted by molar-refractivity contribution is 5.50. The summed E-state index contributed by atoms with van der Waals surface area (Å²) in [6.07, 6.45) is 0.529. The number of fused-ring (bicyclic) bond motifs is 1. The third-order valence-corrected chi connectivity index (χ3v) is 3.22. The SMILES string of the molecule is Nc1nn(-c2cc([N+](=O)[O-])ccc2F)c2c1COCC2. The molecule has 0 atom stereocenters. The van der Waals surface area contributed by atoms with Crippen molar-refractivity contribution >= 4 is 11.5 Å². The van der Waals surface area contributed by atoms with Crippen LogP contribution in [0.3, 0.4) is 0 Å². The van der Waals surface area contributed by atoms with E-state index in [0.29, 0.717) is 25.2 Å². The van der Waals surface area contributed by atoms with Gasteiger partial charge in [0.05, 0.1) is 23.8 Å². The second-order valence-corrected chi connectivity index (χ2v) is 4.42. The van der Waals surface area contributed by atoms with E-state index < -0.39 is 10.7 Å². The normalized spacial score (nSPS) is 14.1. The number of nitro groups is 1. The summed E-state index contributed by atoms with van der Waals surface area (Å²) in [6, 6.07) is 3.32. The highest BCUT2D eigenvalue weighted by Crippen LogP contribution is 2.28. The molecule has 3 rings (SSSR count). The molecule has 0 saturated heterocycles. The number of ether oxygens (including phenoxy) is 1. The number of halogens is 1. The Labute approximate surface area is 112 Å². The summed E-state index contributed by atoms with van der Waals surface area (Å²) < 4.78 is 20.6. The first-order valence-electron chi connectivity index (χ1n) is 5.96. The van der Waals surface area contributed by atoms with Crippen molar-refractivity contribution in [3.8, 4) is 5.69 Å². The first kappa shape index (κ1) is 12.5. The molecule has 0 radical (unpaired) electrons. The molecular weight excluding hydrogens is 267 g/mol. The molecule has 0 spiro atoms. The van der Waals surface area contributed by atoms with Crippen molar-refractivity contribution < 1.29 is 14.1 Å². The molecule has 1 aliphatic heterocycles. The number of nitrogens with zero attached hydrogens (tertiary/aromatic N) is 3. The number of non-ortho nitro benzene ring substituents is 1. The van der Waals surface area contributed by atoms with Gasteiger partial charge in [0, 0.05) is 24.1 Å². The molecule has 104 valence electrons. The van der Waals surface area contributed by atoms with E-state index >= 15 is 0 Å². The third-order valence-electron chi connectivity index (χ3n) is 3.22. The zero-order valence-corrected chi connectivity index (χ0v) is 10.4. The van der Waals surface area contributed by atoms with Gasteiger partial charge in [-0.3, -0.25) is 10.1 Å². The quantitative estimate of drug-likeness (QED) is 0.664. The zero-order chi connectivity index (χ0) is 14.3. The monoisotopic (exact) mass is 278 g/mol. The average molecular weight is 278 g/mol. The van der Waals surface area contributed by atoms with Gasteiger partial charge in [0.25, 0.3) is 5.69 Å². The summed E-state index contributed by atoms with van der Waals surface area (Å²) in [5.74, 6) is -0.335. The van der Waals surface area contributed by atoms with E-state index in [1.54, 1.807) is 0 Å². The minimum Gasteiger partial charge on any atom is -0.382 e. The number of nitro benzene ring substituents is 1. The zero-order valence-electron chi connectivity index (χ0n) is 10.4. The minimum absolute atomic E-state index is 0.0223. The van der Waals surface area contributed by atoms with E-state index in [2.05, 4.69) is 5.10 Å². The van der Waals surface area contributed by atoms with Crippen LogP contribution in [-0.2, 0) is 17.8 Å². The molecule has 2 heterocycles. The van der Waals surface area contributed by atoms with Crippen molar-refractivity contribution in [2.24, 2.45) is 0 Å². The summed E-state index contributed by atoms with van der Waals surface area (Å²) in [7, 11) is 0. The highest BCUT2D eigenvalue weighted by Gasteiger charge is 2.23. The van der Waals surface area contributed by atoms with Crippen molar-refractivity contribution in [1.82, 2.24) is 9.78 Å². The van der Waals surface area contributed by atoms with Crippen LogP contribution in [0.4, 0.5) is 15.9 Å². The molecule has 0 fully saturated rings. The van der Waals surface area contributed by atoms with Crippen LogP contribution in [-0.4, -0.2) is 21.3 Å². The lowest BCUT2D eigenvalue weighted by Gasteiger charge is -2.14. The summed E-state index contributed by atoms with van der Waals surface area (Å²) >= 11 is 0. The van der Waals surface area contributed by atoms with E-state index in [0.717, 1.165) is 23.9 Å². The standard InChI is InChI=1S/C12H11FN4O3/c13-9-2-1-7(17(18)19)5-11(9)16-10-3-4-20-6-8(10)12(14)15-16/h1-2,5H,3-4,6H2,(H2,14,15). The van der Waals surface area contributed by atoms with Gasteiger partial charge in [-0.05, 0) is 6.07 Å². The fourth-order valence-corrected chi connectivity index (χ4v) is 2.24. The topological polar surface area (TPSA) is 96.2 Å². The number of hydrogen-bond donors (Lipinski definition) is 1. The third kappa shape index (κ3) is 1.90. The maximum Gasteiger partial charge on any atom is 0.271 e. The summed E-state index contributed by atoms with van der Waals surface area (Å²) in [5, 5.41) is 14.9. The van der Waals surface area contributed by atoms with Crippen molar-refractivity contribution in [1.29, 1.82) is 0 Å². The lowest BCUT2D eigenvalue weighted by atomic mass is 10.1. The Morgan fingerprint density at radius 1 is 1.50 bits per heavy atom. The van der Waals surface area contributed by atoms with Crippen LogP contribution in [0.1, 0.15) is 11.3 Å². The second kappa shape index (κ2) is 4.57. The molecule has 0 aliphatic carbocycles. The molecule has 0 saturated carbocycles. The van der Waals surface area contributed by atoms with Crippen molar-refractivity contribution in [2.75, 3.05) is 12.3 Å². The van der Waals surface area contributed by atoms with Crippen molar-refractivity contribution in [2.45, 2.75) is 13.0 Å². The molecule has 7 nitrogen and oxygen atoms in total. The van der Waals surface area contributed by atoms with Crippen LogP contribution >= 0.6 is 0 Å². The Hall–Kier alpha value is -2.48. The van der Waals surface area contributed by atoms with E-state index in [9.17, 15) is 14.5 Å². The van der Waals surface area contributed by atoms with Crippen LogP contribution < -0.4 is 5.73 Å². The van der Waals surface area contributed by atoms with Gasteiger partial charge in [0.15, 0.2) is 5.82 Å². The van der Waals surface area contributed by atoms with Gasteiger partial charge in [0.2, 0.25) is 0 Å². The molecule has 2 N–H and O–H groups in total. The second-order valence-electron chi connectivity index (χ2n) is 4.42. The van der Waals surface area contributed by atoms with Crippen LogP contribution in [0.15, 0.2) is 18.2 Å². The molecule has 2 aromatic rings. The molecule has 0 amide bonds. The number of aromatic nitrogens is 2. The number of nitrogens with two attached hydrogens (primary N) is 1. The first-order chi connectivity index (χ1) is 9.58. The molecule has 0 bridgehead atoms. The number of nitrogen functional groups attached to an aromatic ring is 1. The van der Waals surface area contributed by atoms with E-state index in [1.807, 2.05) is 0 Å². The van der Waals surface area contributed by atoms with Gasteiger partial charge in [-0.15, -0.1) is 5.10 Å². The van der Waals surface area contributed by atoms with Crippen LogP contribution in [0.5, 0.6) is 0 Å². The number of hydrogen-bond acceptors (Lipinski definition) is 5. The molecule has 1 aromatic heterocycles. The Morgan fingerprint density at radius 3 is 3.05 bits per heavy atom. The van der Waals surface area contributed by atoms with E-state index in [1.165, 1.54) is 4.68 Å². The Kier molecular flexibility index (Phi) is 2.87. The summed E-state index contributed by atoms with van der Waals surface area (Å²) in [6.45, 7) is 0.798. The maximum atomic E-state index is 13.9. The fourth-order valence-electron chi connectivity index (χ4n) is 2.24. The molecule has 0 unspecified atom stereocenters. The van der Waals surface area contributed by atoms with Crippen LogP contribution in [0.2, 0.25) is 0 Å².